The maximum Gasteiger partial charge on any atom is 0.257 e. The Labute approximate surface area is 180 Å². The van der Waals surface area contributed by atoms with E-state index in [0.29, 0.717) is 49.5 Å². The van der Waals surface area contributed by atoms with Crippen molar-refractivity contribution in [3.05, 3.63) is 65.5 Å². The molecule has 1 fully saturated rings. The number of methoxy groups -OCH3 is 1. The van der Waals surface area contributed by atoms with Gasteiger partial charge >= 0.3 is 0 Å². The van der Waals surface area contributed by atoms with Crippen LogP contribution in [0.1, 0.15) is 32.7 Å². The Hall–Kier alpha value is -3.75. The normalized spacial score (nSPS) is 14.3. The number of amides is 2. The molecule has 0 N–H and O–H groups in total. The van der Waals surface area contributed by atoms with Crippen molar-refractivity contribution in [3.63, 3.8) is 0 Å². The Morgan fingerprint density at radius 1 is 0.968 bits per heavy atom. The van der Waals surface area contributed by atoms with Crippen LogP contribution in [0.15, 0.2) is 48.8 Å². The third-order valence-corrected chi connectivity index (χ3v) is 5.45. The van der Waals surface area contributed by atoms with E-state index in [9.17, 15) is 9.59 Å². The van der Waals surface area contributed by atoms with Gasteiger partial charge in [-0.05, 0) is 59.7 Å². The summed E-state index contributed by atoms with van der Waals surface area (Å²) in [7, 11) is 1.56. The Balaban J connectivity index is 1.45. The van der Waals surface area contributed by atoms with Gasteiger partial charge in [-0.15, -0.1) is 5.10 Å². The fourth-order valence-corrected chi connectivity index (χ4v) is 3.82. The third-order valence-electron chi connectivity index (χ3n) is 5.45. The predicted molar refractivity (Wildman–Crippen MR) is 113 cm³/mol. The van der Waals surface area contributed by atoms with Crippen LogP contribution >= 0.6 is 0 Å². The predicted octanol–water partition coefficient (Wildman–Crippen LogP) is 1.97. The summed E-state index contributed by atoms with van der Waals surface area (Å²) in [5.41, 5.74) is 2.88. The molecule has 1 aliphatic rings. The van der Waals surface area contributed by atoms with E-state index >= 15 is 0 Å². The van der Waals surface area contributed by atoms with E-state index in [1.807, 2.05) is 31.2 Å². The monoisotopic (exact) mass is 420 g/mol. The molecule has 3 aromatic rings. The number of rotatable bonds is 4. The van der Waals surface area contributed by atoms with Crippen molar-refractivity contribution < 1.29 is 14.3 Å². The van der Waals surface area contributed by atoms with Gasteiger partial charge in [0.25, 0.3) is 11.8 Å². The molecule has 4 rings (SSSR count). The number of tetrazole rings is 1. The molecule has 1 aliphatic heterocycles. The minimum absolute atomic E-state index is 0.0436. The van der Waals surface area contributed by atoms with E-state index in [-0.39, 0.29) is 11.8 Å². The van der Waals surface area contributed by atoms with Gasteiger partial charge in [-0.2, -0.15) is 0 Å². The summed E-state index contributed by atoms with van der Waals surface area (Å²) >= 11 is 0. The highest BCUT2D eigenvalue weighted by Gasteiger charge is 2.25. The number of carbonyl (C=O) groups excluding carboxylic acids is 2. The molecule has 1 saturated heterocycles. The Bertz CT molecular complexity index is 1080. The molecule has 2 amide bonds. The summed E-state index contributed by atoms with van der Waals surface area (Å²) < 4.78 is 6.89. The van der Waals surface area contributed by atoms with Crippen LogP contribution in [-0.4, -0.2) is 75.1 Å². The summed E-state index contributed by atoms with van der Waals surface area (Å²) in [4.78, 5) is 29.7. The van der Waals surface area contributed by atoms with Gasteiger partial charge in [0.1, 0.15) is 12.1 Å². The highest BCUT2D eigenvalue weighted by Crippen LogP contribution is 2.21. The van der Waals surface area contributed by atoms with Gasteiger partial charge in [0, 0.05) is 31.7 Å². The first kappa shape index (κ1) is 20.5. The molecule has 0 aliphatic carbocycles. The van der Waals surface area contributed by atoms with E-state index < -0.39 is 0 Å². The number of aryl methyl sites for hydroxylation is 1. The lowest BCUT2D eigenvalue weighted by atomic mass is 10.1. The standard InChI is InChI=1S/C22H24N6O3/c1-16-14-17(8-9-19(16)28-15-23-24-25-28)21(29)26-10-5-11-27(13-12-26)22(30)18-6-3-4-7-20(18)31-2/h3-4,6-9,14-15H,5,10-13H2,1-2H3. The number of hydrogen-bond acceptors (Lipinski definition) is 6. The molecule has 0 spiro atoms. The summed E-state index contributed by atoms with van der Waals surface area (Å²) in [5.74, 6) is 0.439. The number of para-hydroxylation sites is 1. The van der Waals surface area contributed by atoms with Crippen LogP contribution in [0.4, 0.5) is 0 Å². The molecule has 0 unspecified atom stereocenters. The molecule has 31 heavy (non-hydrogen) atoms. The maximum atomic E-state index is 13.1. The molecule has 160 valence electrons. The molecule has 2 heterocycles. The van der Waals surface area contributed by atoms with Crippen molar-refractivity contribution in [3.8, 4) is 11.4 Å². The Morgan fingerprint density at radius 3 is 2.39 bits per heavy atom. The van der Waals surface area contributed by atoms with Crippen LogP contribution in [0.2, 0.25) is 0 Å². The molecule has 0 radical (unpaired) electrons. The zero-order chi connectivity index (χ0) is 21.8. The second kappa shape index (κ2) is 8.95. The summed E-state index contributed by atoms with van der Waals surface area (Å²) in [6.45, 7) is 4.07. The van der Waals surface area contributed by atoms with Crippen LogP contribution in [0, 0.1) is 6.92 Å². The Kier molecular flexibility index (Phi) is 5.92. The van der Waals surface area contributed by atoms with Gasteiger partial charge in [-0.1, -0.05) is 12.1 Å². The maximum absolute atomic E-state index is 13.1. The third kappa shape index (κ3) is 4.25. The van der Waals surface area contributed by atoms with Crippen LogP contribution < -0.4 is 4.74 Å². The van der Waals surface area contributed by atoms with Gasteiger partial charge < -0.3 is 14.5 Å². The van der Waals surface area contributed by atoms with Crippen molar-refractivity contribution in [1.29, 1.82) is 0 Å². The van der Waals surface area contributed by atoms with Gasteiger partial charge in [0.05, 0.1) is 18.4 Å². The molecule has 0 bridgehead atoms. The van der Waals surface area contributed by atoms with Crippen molar-refractivity contribution in [2.45, 2.75) is 13.3 Å². The summed E-state index contributed by atoms with van der Waals surface area (Å²) in [6, 6.07) is 12.7. The quantitative estimate of drug-likeness (QED) is 0.641. The first-order valence-corrected chi connectivity index (χ1v) is 10.1. The topological polar surface area (TPSA) is 93.5 Å². The molecule has 0 saturated carbocycles. The fraction of sp³-hybridized carbons (Fsp3) is 0.318. The second-order valence-corrected chi connectivity index (χ2v) is 7.39. The average Bonchev–Trinajstić information content (AvgIpc) is 3.22. The van der Waals surface area contributed by atoms with Crippen molar-refractivity contribution in [1.82, 2.24) is 30.0 Å². The number of aromatic nitrogens is 4. The molecule has 9 heteroatoms. The number of benzene rings is 2. The van der Waals surface area contributed by atoms with E-state index in [1.54, 1.807) is 39.8 Å². The van der Waals surface area contributed by atoms with Crippen LogP contribution in [-0.2, 0) is 0 Å². The lowest BCUT2D eigenvalue weighted by Gasteiger charge is -2.23. The first-order valence-electron chi connectivity index (χ1n) is 10.1. The Morgan fingerprint density at radius 2 is 1.71 bits per heavy atom. The van der Waals surface area contributed by atoms with E-state index in [4.69, 9.17) is 4.74 Å². The fourth-order valence-electron chi connectivity index (χ4n) is 3.82. The highest BCUT2D eigenvalue weighted by atomic mass is 16.5. The molecule has 9 nitrogen and oxygen atoms in total. The van der Waals surface area contributed by atoms with E-state index in [1.165, 1.54) is 6.33 Å². The van der Waals surface area contributed by atoms with Crippen molar-refractivity contribution in [2.24, 2.45) is 0 Å². The summed E-state index contributed by atoms with van der Waals surface area (Å²) in [5, 5.41) is 11.2. The molecule has 2 aromatic carbocycles. The second-order valence-electron chi connectivity index (χ2n) is 7.39. The zero-order valence-corrected chi connectivity index (χ0v) is 17.6. The first-order chi connectivity index (χ1) is 15.1. The van der Waals surface area contributed by atoms with Crippen LogP contribution in [0.3, 0.4) is 0 Å². The molecule has 0 atom stereocenters. The van der Waals surface area contributed by atoms with Gasteiger partial charge in [-0.3, -0.25) is 9.59 Å². The number of ether oxygens (including phenoxy) is 1. The number of hydrogen-bond donors (Lipinski definition) is 0. The molecular formula is C22H24N6O3. The number of nitrogens with zero attached hydrogens (tertiary/aromatic N) is 6. The van der Waals surface area contributed by atoms with Gasteiger partial charge in [0.2, 0.25) is 0 Å². The van der Waals surface area contributed by atoms with Crippen LogP contribution in [0.5, 0.6) is 5.75 Å². The van der Waals surface area contributed by atoms with Gasteiger partial charge in [0.15, 0.2) is 0 Å². The highest BCUT2D eigenvalue weighted by molar-refractivity contribution is 5.97. The summed E-state index contributed by atoms with van der Waals surface area (Å²) in [6.07, 6.45) is 2.24. The van der Waals surface area contributed by atoms with Crippen molar-refractivity contribution in [2.75, 3.05) is 33.3 Å². The largest absolute Gasteiger partial charge is 0.496 e. The van der Waals surface area contributed by atoms with E-state index in [2.05, 4.69) is 15.5 Å². The van der Waals surface area contributed by atoms with Crippen molar-refractivity contribution >= 4 is 11.8 Å². The SMILES string of the molecule is COc1ccccc1C(=O)N1CCCN(C(=O)c2ccc(-n3cnnn3)c(C)c2)CC1. The lowest BCUT2D eigenvalue weighted by Crippen LogP contribution is -2.37. The zero-order valence-electron chi connectivity index (χ0n) is 17.6. The van der Waals surface area contributed by atoms with Crippen LogP contribution in [0.25, 0.3) is 5.69 Å². The minimum Gasteiger partial charge on any atom is -0.496 e. The number of carbonyl (C=O) groups is 2. The van der Waals surface area contributed by atoms with Gasteiger partial charge in [-0.25, -0.2) is 4.68 Å². The lowest BCUT2D eigenvalue weighted by molar-refractivity contribution is 0.0717. The average molecular weight is 420 g/mol. The smallest absolute Gasteiger partial charge is 0.257 e. The molecular weight excluding hydrogens is 396 g/mol. The molecule has 1 aromatic heterocycles. The van der Waals surface area contributed by atoms with E-state index in [0.717, 1.165) is 11.3 Å². The minimum atomic E-state index is -0.0756.